The molecule has 2 atom stereocenters. The number of benzene rings is 1. The first-order valence-electron chi connectivity index (χ1n) is 6.33. The number of halogens is 1. The van der Waals surface area contributed by atoms with Crippen LogP contribution in [0.4, 0.5) is 4.39 Å². The third kappa shape index (κ3) is 2.35. The molecule has 0 saturated carbocycles. The predicted octanol–water partition coefficient (Wildman–Crippen LogP) is 2.12. The lowest BCUT2D eigenvalue weighted by molar-refractivity contribution is 0.299. The number of nitrogens with zero attached hydrogens (tertiary/aromatic N) is 1. The molecule has 4 heteroatoms. The quantitative estimate of drug-likeness (QED) is 0.892. The minimum Gasteiger partial charge on any atom is -0.496 e. The minimum absolute atomic E-state index is 0.209. The van der Waals surface area contributed by atoms with E-state index in [9.17, 15) is 4.39 Å². The molecule has 2 N–H and O–H groups in total. The molecule has 0 radical (unpaired) electrons. The first-order valence-corrected chi connectivity index (χ1v) is 6.33. The van der Waals surface area contributed by atoms with Gasteiger partial charge in [0.2, 0.25) is 0 Å². The second-order valence-corrected chi connectivity index (χ2v) is 4.96. The van der Waals surface area contributed by atoms with Crippen molar-refractivity contribution >= 4 is 0 Å². The topological polar surface area (TPSA) is 38.5 Å². The highest BCUT2D eigenvalue weighted by atomic mass is 19.1. The summed E-state index contributed by atoms with van der Waals surface area (Å²) >= 11 is 0. The zero-order chi connectivity index (χ0) is 13.1. The van der Waals surface area contributed by atoms with Crippen molar-refractivity contribution in [3.8, 4) is 5.75 Å². The van der Waals surface area contributed by atoms with E-state index in [1.54, 1.807) is 7.11 Å². The number of alkyl halides is 1. The van der Waals surface area contributed by atoms with E-state index in [0.29, 0.717) is 12.5 Å². The molecule has 1 aliphatic rings. The molecule has 0 amide bonds. The van der Waals surface area contributed by atoms with Crippen molar-refractivity contribution in [3.05, 3.63) is 29.3 Å². The first kappa shape index (κ1) is 13.3. The van der Waals surface area contributed by atoms with E-state index in [1.807, 2.05) is 18.2 Å². The largest absolute Gasteiger partial charge is 0.496 e. The van der Waals surface area contributed by atoms with Gasteiger partial charge in [-0.2, -0.15) is 0 Å². The summed E-state index contributed by atoms with van der Waals surface area (Å²) in [5, 5.41) is 0. The standard InChI is InChI=1S/C14H21FN2O/c1-17-9-10(8-16)6-12(17)14-11(7-15)4-3-5-13(14)18-2/h3-5,10,12H,6-9,16H2,1-2H3. The van der Waals surface area contributed by atoms with Crippen LogP contribution in [0, 0.1) is 5.92 Å². The van der Waals surface area contributed by atoms with E-state index >= 15 is 0 Å². The van der Waals surface area contributed by atoms with Crippen LogP contribution in [0.2, 0.25) is 0 Å². The van der Waals surface area contributed by atoms with Gasteiger partial charge in [0.05, 0.1) is 7.11 Å². The Hall–Kier alpha value is -1.13. The summed E-state index contributed by atoms with van der Waals surface area (Å²) in [6.45, 7) is 1.19. The van der Waals surface area contributed by atoms with Gasteiger partial charge < -0.3 is 10.5 Å². The highest BCUT2D eigenvalue weighted by Crippen LogP contribution is 2.40. The van der Waals surface area contributed by atoms with Gasteiger partial charge in [-0.15, -0.1) is 0 Å². The van der Waals surface area contributed by atoms with Gasteiger partial charge >= 0.3 is 0 Å². The van der Waals surface area contributed by atoms with E-state index in [4.69, 9.17) is 10.5 Å². The van der Waals surface area contributed by atoms with Crippen molar-refractivity contribution in [1.29, 1.82) is 0 Å². The van der Waals surface area contributed by atoms with Crippen molar-refractivity contribution in [3.63, 3.8) is 0 Å². The van der Waals surface area contributed by atoms with Gasteiger partial charge in [0.1, 0.15) is 12.4 Å². The summed E-state index contributed by atoms with van der Waals surface area (Å²) < 4.78 is 18.6. The van der Waals surface area contributed by atoms with E-state index in [1.165, 1.54) is 0 Å². The molecule has 1 fully saturated rings. The molecule has 2 unspecified atom stereocenters. The highest BCUT2D eigenvalue weighted by molar-refractivity contribution is 5.43. The third-order valence-corrected chi connectivity index (χ3v) is 3.82. The van der Waals surface area contributed by atoms with Crippen LogP contribution in [0.25, 0.3) is 0 Å². The molecule has 3 nitrogen and oxygen atoms in total. The summed E-state index contributed by atoms with van der Waals surface area (Å²) in [5.74, 6) is 1.26. The fourth-order valence-electron chi connectivity index (χ4n) is 2.88. The zero-order valence-electron chi connectivity index (χ0n) is 11.0. The van der Waals surface area contributed by atoms with Crippen LogP contribution in [-0.4, -0.2) is 32.1 Å². The van der Waals surface area contributed by atoms with Gasteiger partial charge in [-0.3, -0.25) is 4.90 Å². The molecule has 1 aromatic carbocycles. The summed E-state index contributed by atoms with van der Waals surface area (Å²) in [5.41, 5.74) is 7.46. The number of hydrogen-bond acceptors (Lipinski definition) is 3. The van der Waals surface area contributed by atoms with Gasteiger partial charge in [-0.05, 0) is 37.6 Å². The van der Waals surface area contributed by atoms with Crippen LogP contribution in [0.1, 0.15) is 23.6 Å². The van der Waals surface area contributed by atoms with Crippen LogP contribution >= 0.6 is 0 Å². The van der Waals surface area contributed by atoms with Crippen LogP contribution in [0.5, 0.6) is 5.75 Å². The summed E-state index contributed by atoms with van der Waals surface area (Å²) in [4.78, 5) is 2.24. The number of nitrogens with two attached hydrogens (primary N) is 1. The molecular weight excluding hydrogens is 231 g/mol. The van der Waals surface area contributed by atoms with E-state index in [0.717, 1.165) is 29.8 Å². The number of hydrogen-bond donors (Lipinski definition) is 1. The van der Waals surface area contributed by atoms with Crippen LogP contribution in [0.15, 0.2) is 18.2 Å². The van der Waals surface area contributed by atoms with Gasteiger partial charge in [0.15, 0.2) is 0 Å². The lowest BCUT2D eigenvalue weighted by Gasteiger charge is -2.24. The summed E-state index contributed by atoms with van der Waals surface area (Å²) in [7, 11) is 3.70. The Morgan fingerprint density at radius 1 is 1.50 bits per heavy atom. The molecule has 0 aliphatic carbocycles. The van der Waals surface area contributed by atoms with E-state index < -0.39 is 6.67 Å². The monoisotopic (exact) mass is 252 g/mol. The number of methoxy groups -OCH3 is 1. The van der Waals surface area contributed by atoms with Crippen molar-refractivity contribution < 1.29 is 9.13 Å². The maximum Gasteiger partial charge on any atom is 0.124 e. The van der Waals surface area contributed by atoms with E-state index in [-0.39, 0.29) is 6.04 Å². The minimum atomic E-state index is -0.454. The second kappa shape index (κ2) is 5.67. The molecule has 1 aliphatic heterocycles. The second-order valence-electron chi connectivity index (χ2n) is 4.96. The van der Waals surface area contributed by atoms with Gasteiger partial charge in [-0.1, -0.05) is 12.1 Å². The Labute approximate surface area is 108 Å². The summed E-state index contributed by atoms with van der Waals surface area (Å²) in [6.07, 6.45) is 0.973. The Morgan fingerprint density at radius 3 is 2.83 bits per heavy atom. The fourth-order valence-corrected chi connectivity index (χ4v) is 2.88. The predicted molar refractivity (Wildman–Crippen MR) is 70.3 cm³/mol. The highest BCUT2D eigenvalue weighted by Gasteiger charge is 2.32. The Bertz CT molecular complexity index is 389. The van der Waals surface area contributed by atoms with E-state index in [2.05, 4.69) is 11.9 Å². The smallest absolute Gasteiger partial charge is 0.124 e. The van der Waals surface area contributed by atoms with Gasteiger partial charge in [0, 0.05) is 18.2 Å². The van der Waals surface area contributed by atoms with Crippen molar-refractivity contribution in [2.75, 3.05) is 27.2 Å². The van der Waals surface area contributed by atoms with Crippen molar-refractivity contribution in [2.45, 2.75) is 19.1 Å². The SMILES string of the molecule is COc1cccc(CF)c1C1CC(CN)CN1C. The average molecular weight is 252 g/mol. The van der Waals surface area contributed by atoms with Crippen molar-refractivity contribution in [1.82, 2.24) is 4.90 Å². The lowest BCUT2D eigenvalue weighted by atomic mass is 9.95. The Morgan fingerprint density at radius 2 is 2.28 bits per heavy atom. The van der Waals surface area contributed by atoms with Crippen LogP contribution in [-0.2, 0) is 6.67 Å². The summed E-state index contributed by atoms with van der Waals surface area (Å²) in [6, 6.07) is 5.78. The van der Waals surface area contributed by atoms with Gasteiger partial charge in [0.25, 0.3) is 0 Å². The molecule has 0 spiro atoms. The number of likely N-dealkylation sites (tertiary alicyclic amines) is 1. The average Bonchev–Trinajstić information content (AvgIpc) is 2.78. The maximum atomic E-state index is 13.2. The Kier molecular flexibility index (Phi) is 4.19. The maximum absolute atomic E-state index is 13.2. The molecule has 0 aromatic heterocycles. The number of rotatable bonds is 4. The Balaban J connectivity index is 2.37. The van der Waals surface area contributed by atoms with Gasteiger partial charge in [-0.25, -0.2) is 4.39 Å². The molecule has 1 aromatic rings. The number of ether oxygens (including phenoxy) is 1. The molecule has 0 bridgehead atoms. The molecule has 1 saturated heterocycles. The molecule has 1 heterocycles. The van der Waals surface area contributed by atoms with Crippen LogP contribution in [0.3, 0.4) is 0 Å². The third-order valence-electron chi connectivity index (χ3n) is 3.82. The molecular formula is C14H21FN2O. The molecule has 2 rings (SSSR count). The van der Waals surface area contributed by atoms with Crippen molar-refractivity contribution in [2.24, 2.45) is 11.7 Å². The molecule has 18 heavy (non-hydrogen) atoms. The molecule has 100 valence electrons. The lowest BCUT2D eigenvalue weighted by Crippen LogP contribution is -2.21. The van der Waals surface area contributed by atoms with Crippen LogP contribution < -0.4 is 10.5 Å². The normalized spacial score (nSPS) is 24.4. The zero-order valence-corrected chi connectivity index (χ0v) is 11.0. The first-order chi connectivity index (χ1) is 8.71. The fraction of sp³-hybridized carbons (Fsp3) is 0.571.